The van der Waals surface area contributed by atoms with Crippen molar-refractivity contribution in [3.05, 3.63) is 48.5 Å². The summed E-state index contributed by atoms with van der Waals surface area (Å²) in [5, 5.41) is 0. The Bertz CT molecular complexity index is 693. The molecule has 0 heterocycles. The second-order valence-corrected chi connectivity index (χ2v) is 6.18. The van der Waals surface area contributed by atoms with Crippen LogP contribution in [0.5, 0.6) is 11.5 Å². The van der Waals surface area contributed by atoms with Gasteiger partial charge in [0.15, 0.2) is 11.5 Å². The highest BCUT2D eigenvalue weighted by atomic mass is 32.2. The average Bonchev–Trinajstić information content (AvgIpc) is 2.50. The zero-order valence-corrected chi connectivity index (χ0v) is 12.9. The molecule has 21 heavy (non-hydrogen) atoms. The lowest BCUT2D eigenvalue weighted by atomic mass is 10.3. The van der Waals surface area contributed by atoms with E-state index in [9.17, 15) is 8.42 Å². The minimum Gasteiger partial charge on any atom is -0.490 e. The van der Waals surface area contributed by atoms with Gasteiger partial charge in [-0.05, 0) is 38.1 Å². The van der Waals surface area contributed by atoms with E-state index in [-0.39, 0.29) is 15.5 Å². The third kappa shape index (κ3) is 3.19. The van der Waals surface area contributed by atoms with Crippen LogP contribution in [0.25, 0.3) is 0 Å². The average molecular weight is 306 g/mol. The molecule has 0 saturated heterocycles. The third-order valence-corrected chi connectivity index (χ3v) is 4.67. The zero-order chi connectivity index (χ0) is 15.3. The van der Waals surface area contributed by atoms with Gasteiger partial charge in [-0.15, -0.1) is 0 Å². The van der Waals surface area contributed by atoms with E-state index < -0.39 is 9.84 Å². The fourth-order valence-corrected chi connectivity index (χ4v) is 3.42. The fraction of sp³-hybridized carbons (Fsp3) is 0.250. The molecule has 2 rings (SSSR count). The van der Waals surface area contributed by atoms with Crippen molar-refractivity contribution in [2.75, 3.05) is 13.2 Å². The molecule has 2 aromatic carbocycles. The smallest absolute Gasteiger partial charge is 0.210 e. The lowest BCUT2D eigenvalue weighted by Crippen LogP contribution is -2.07. The van der Waals surface area contributed by atoms with Gasteiger partial charge in [0.1, 0.15) is 4.90 Å². The summed E-state index contributed by atoms with van der Waals surface area (Å²) in [6.07, 6.45) is 0. The summed E-state index contributed by atoms with van der Waals surface area (Å²) in [5.41, 5.74) is 0. The molecule has 0 bridgehead atoms. The van der Waals surface area contributed by atoms with Crippen molar-refractivity contribution in [3.8, 4) is 11.5 Å². The molecule has 0 aliphatic heterocycles. The molecular weight excluding hydrogens is 288 g/mol. The Kier molecular flexibility index (Phi) is 4.85. The Balaban J connectivity index is 2.60. The monoisotopic (exact) mass is 306 g/mol. The SMILES string of the molecule is CCOc1cccc(S(=O)(=O)c2ccccc2)c1OCC. The Morgan fingerprint density at radius 2 is 1.52 bits per heavy atom. The van der Waals surface area contributed by atoms with Gasteiger partial charge in [0.25, 0.3) is 0 Å². The first-order valence-electron chi connectivity index (χ1n) is 6.80. The van der Waals surface area contributed by atoms with Crippen LogP contribution in [-0.4, -0.2) is 21.6 Å². The summed E-state index contributed by atoms with van der Waals surface area (Å²) >= 11 is 0. The molecule has 0 unspecified atom stereocenters. The van der Waals surface area contributed by atoms with Gasteiger partial charge in [-0.3, -0.25) is 0 Å². The van der Waals surface area contributed by atoms with Crippen molar-refractivity contribution in [2.45, 2.75) is 23.6 Å². The van der Waals surface area contributed by atoms with Gasteiger partial charge in [0.05, 0.1) is 18.1 Å². The van der Waals surface area contributed by atoms with Crippen LogP contribution < -0.4 is 9.47 Å². The molecule has 5 heteroatoms. The number of ether oxygens (including phenoxy) is 2. The normalized spacial score (nSPS) is 11.1. The molecular formula is C16H18O4S. The van der Waals surface area contributed by atoms with Crippen molar-refractivity contribution >= 4 is 9.84 Å². The van der Waals surface area contributed by atoms with Crippen molar-refractivity contribution in [1.82, 2.24) is 0 Å². The molecule has 2 aromatic rings. The molecule has 0 aliphatic carbocycles. The summed E-state index contributed by atoms with van der Waals surface area (Å²) in [6.45, 7) is 4.45. The fourth-order valence-electron chi connectivity index (χ4n) is 1.99. The molecule has 0 amide bonds. The van der Waals surface area contributed by atoms with Crippen LogP contribution in [0.3, 0.4) is 0 Å². The standard InChI is InChI=1S/C16H18O4S/c1-3-19-14-11-8-12-15(16(14)20-4-2)21(17,18)13-9-6-5-7-10-13/h5-12H,3-4H2,1-2H3. The Morgan fingerprint density at radius 1 is 0.857 bits per heavy atom. The minimum absolute atomic E-state index is 0.126. The van der Waals surface area contributed by atoms with E-state index in [1.165, 1.54) is 6.07 Å². The summed E-state index contributed by atoms with van der Waals surface area (Å²) in [5.74, 6) is 0.710. The second kappa shape index (κ2) is 6.63. The van der Waals surface area contributed by atoms with Crippen LogP contribution in [0.2, 0.25) is 0 Å². The quantitative estimate of drug-likeness (QED) is 0.821. The van der Waals surface area contributed by atoms with Crippen LogP contribution in [0, 0.1) is 0 Å². The first-order valence-corrected chi connectivity index (χ1v) is 8.28. The molecule has 0 N–H and O–H groups in total. The number of hydrogen-bond acceptors (Lipinski definition) is 4. The molecule has 4 nitrogen and oxygen atoms in total. The van der Waals surface area contributed by atoms with E-state index >= 15 is 0 Å². The van der Waals surface area contributed by atoms with Gasteiger partial charge < -0.3 is 9.47 Å². The summed E-state index contributed by atoms with van der Waals surface area (Å²) in [4.78, 5) is 0.362. The van der Waals surface area contributed by atoms with E-state index in [2.05, 4.69) is 0 Å². The largest absolute Gasteiger partial charge is 0.490 e. The molecule has 112 valence electrons. The van der Waals surface area contributed by atoms with Crippen LogP contribution in [0.15, 0.2) is 58.3 Å². The predicted octanol–water partition coefficient (Wildman–Crippen LogP) is 3.32. The summed E-state index contributed by atoms with van der Waals surface area (Å²) in [6, 6.07) is 13.2. The maximum atomic E-state index is 12.8. The third-order valence-electron chi connectivity index (χ3n) is 2.87. The van der Waals surface area contributed by atoms with Crippen LogP contribution >= 0.6 is 0 Å². The van der Waals surface area contributed by atoms with E-state index in [4.69, 9.17) is 9.47 Å². The highest BCUT2D eigenvalue weighted by Crippen LogP contribution is 2.37. The number of benzene rings is 2. The molecule has 0 spiro atoms. The maximum Gasteiger partial charge on any atom is 0.210 e. The number of para-hydroxylation sites is 1. The molecule has 0 radical (unpaired) electrons. The van der Waals surface area contributed by atoms with Gasteiger partial charge in [-0.2, -0.15) is 0 Å². The number of hydrogen-bond donors (Lipinski definition) is 0. The molecule has 0 atom stereocenters. The van der Waals surface area contributed by atoms with Crippen molar-refractivity contribution in [2.24, 2.45) is 0 Å². The van der Waals surface area contributed by atoms with Gasteiger partial charge in [0, 0.05) is 0 Å². The number of sulfone groups is 1. The lowest BCUT2D eigenvalue weighted by Gasteiger charge is -2.15. The number of rotatable bonds is 6. The van der Waals surface area contributed by atoms with Gasteiger partial charge in [-0.25, -0.2) is 8.42 Å². The highest BCUT2D eigenvalue weighted by Gasteiger charge is 2.24. The van der Waals surface area contributed by atoms with Crippen molar-refractivity contribution in [3.63, 3.8) is 0 Å². The topological polar surface area (TPSA) is 52.6 Å². The van der Waals surface area contributed by atoms with E-state index in [0.29, 0.717) is 19.0 Å². The predicted molar refractivity (Wildman–Crippen MR) is 80.7 cm³/mol. The van der Waals surface area contributed by atoms with E-state index in [1.807, 2.05) is 13.8 Å². The van der Waals surface area contributed by atoms with E-state index in [0.717, 1.165) is 0 Å². The van der Waals surface area contributed by atoms with Gasteiger partial charge >= 0.3 is 0 Å². The zero-order valence-electron chi connectivity index (χ0n) is 12.1. The first-order chi connectivity index (χ1) is 10.1. The van der Waals surface area contributed by atoms with Crippen LogP contribution in [-0.2, 0) is 9.84 Å². The lowest BCUT2D eigenvalue weighted by molar-refractivity contribution is 0.281. The Hall–Kier alpha value is -2.01. The van der Waals surface area contributed by atoms with E-state index in [1.54, 1.807) is 42.5 Å². The summed E-state index contributed by atoms with van der Waals surface area (Å²) < 4.78 is 36.5. The Morgan fingerprint density at radius 3 is 2.14 bits per heavy atom. The minimum atomic E-state index is -3.64. The van der Waals surface area contributed by atoms with Gasteiger partial charge in [-0.1, -0.05) is 24.3 Å². The van der Waals surface area contributed by atoms with Crippen molar-refractivity contribution < 1.29 is 17.9 Å². The van der Waals surface area contributed by atoms with Gasteiger partial charge in [0.2, 0.25) is 9.84 Å². The molecule has 0 saturated carbocycles. The summed E-state index contributed by atoms with van der Waals surface area (Å²) in [7, 11) is -3.64. The maximum absolute atomic E-state index is 12.8. The highest BCUT2D eigenvalue weighted by molar-refractivity contribution is 7.91. The first kappa shape index (κ1) is 15.4. The van der Waals surface area contributed by atoms with Crippen LogP contribution in [0.1, 0.15) is 13.8 Å². The second-order valence-electron chi connectivity index (χ2n) is 4.27. The molecule has 0 aliphatic rings. The molecule has 0 fully saturated rings. The molecule has 0 aromatic heterocycles. The van der Waals surface area contributed by atoms with Crippen molar-refractivity contribution in [1.29, 1.82) is 0 Å². The Labute approximate surface area is 125 Å². The van der Waals surface area contributed by atoms with Crippen LogP contribution in [0.4, 0.5) is 0 Å².